The first-order valence-electron chi connectivity index (χ1n) is 5.37. The van der Waals surface area contributed by atoms with E-state index in [-0.39, 0.29) is 5.82 Å². The second kappa shape index (κ2) is 4.01. The Bertz CT molecular complexity index is 399. The highest BCUT2D eigenvalue weighted by atomic mass is 19.1. The lowest BCUT2D eigenvalue weighted by atomic mass is 10.1. The molecule has 15 heavy (non-hydrogen) atoms. The Morgan fingerprint density at radius 2 is 2.07 bits per heavy atom. The number of benzene rings is 1. The molecule has 0 aromatic heterocycles. The molecule has 2 rings (SSSR count). The van der Waals surface area contributed by atoms with E-state index in [1.807, 2.05) is 19.1 Å². The lowest BCUT2D eigenvalue weighted by Crippen LogP contribution is -2.36. The fraction of sp³-hybridized carbons (Fsp3) is 0.417. The van der Waals surface area contributed by atoms with Crippen LogP contribution < -0.4 is 5.01 Å². The molecular formula is C12H15FN2. The minimum Gasteiger partial charge on any atom is -0.257 e. The van der Waals surface area contributed by atoms with Crippen molar-refractivity contribution in [3.8, 4) is 0 Å². The normalized spacial score (nSPS) is 14.9. The third kappa shape index (κ3) is 1.74. The summed E-state index contributed by atoms with van der Waals surface area (Å²) in [5, 5.41) is 5.99. The molecule has 0 spiro atoms. The summed E-state index contributed by atoms with van der Waals surface area (Å²) in [6.45, 7) is 4.79. The number of hydrogen-bond donors (Lipinski definition) is 0. The topological polar surface area (TPSA) is 15.6 Å². The number of hydrogen-bond acceptors (Lipinski definition) is 2. The number of rotatable bonds is 3. The van der Waals surface area contributed by atoms with Gasteiger partial charge in [0.1, 0.15) is 0 Å². The minimum absolute atomic E-state index is 0.126. The molecule has 0 amide bonds. The van der Waals surface area contributed by atoms with Crippen molar-refractivity contribution in [1.29, 1.82) is 0 Å². The molecule has 1 aromatic carbocycles. The zero-order valence-electron chi connectivity index (χ0n) is 9.13. The first kappa shape index (κ1) is 10.1. The molecule has 0 unspecified atom stereocenters. The Morgan fingerprint density at radius 1 is 1.33 bits per heavy atom. The number of halogens is 1. The Balaban J connectivity index is 2.27. The van der Waals surface area contributed by atoms with Gasteiger partial charge in [-0.05, 0) is 24.5 Å². The fourth-order valence-electron chi connectivity index (χ4n) is 1.69. The molecule has 1 aliphatic rings. The third-order valence-electron chi connectivity index (χ3n) is 2.72. The van der Waals surface area contributed by atoms with Crippen molar-refractivity contribution in [3.63, 3.8) is 0 Å². The van der Waals surface area contributed by atoms with E-state index in [1.165, 1.54) is 0 Å². The van der Waals surface area contributed by atoms with Crippen LogP contribution >= 0.6 is 0 Å². The third-order valence-corrected chi connectivity index (χ3v) is 2.72. The summed E-state index contributed by atoms with van der Waals surface area (Å²) in [6, 6.07) is 5.49. The Kier molecular flexibility index (Phi) is 2.71. The van der Waals surface area contributed by atoms with Gasteiger partial charge in [0.25, 0.3) is 0 Å². The van der Waals surface area contributed by atoms with Crippen molar-refractivity contribution >= 4 is 11.4 Å². The van der Waals surface area contributed by atoms with Crippen LogP contribution in [0.1, 0.15) is 25.8 Å². The lowest BCUT2D eigenvalue weighted by Gasteiger charge is -2.29. The van der Waals surface area contributed by atoms with E-state index in [4.69, 9.17) is 0 Å². The molecule has 3 heteroatoms. The molecule has 2 nitrogen and oxygen atoms in total. The maximum atomic E-state index is 13.9. The minimum atomic E-state index is -0.126. The highest BCUT2D eigenvalue weighted by molar-refractivity contribution is 5.94. The maximum absolute atomic E-state index is 13.9. The highest BCUT2D eigenvalue weighted by Gasteiger charge is 2.21. The van der Waals surface area contributed by atoms with Crippen LogP contribution in [0.2, 0.25) is 0 Å². The summed E-state index contributed by atoms with van der Waals surface area (Å²) >= 11 is 0. The predicted molar refractivity (Wildman–Crippen MR) is 60.9 cm³/mol. The second-order valence-electron chi connectivity index (χ2n) is 3.68. The number of hydrazone groups is 1. The van der Waals surface area contributed by atoms with Gasteiger partial charge in [-0.15, -0.1) is 0 Å². The van der Waals surface area contributed by atoms with Crippen LogP contribution in [0.3, 0.4) is 0 Å². The van der Waals surface area contributed by atoms with Gasteiger partial charge in [0.15, 0.2) is 5.82 Å². The Hall–Kier alpha value is -1.38. The first-order chi connectivity index (χ1) is 7.26. The molecular weight excluding hydrogens is 191 g/mol. The van der Waals surface area contributed by atoms with Crippen LogP contribution in [0.5, 0.6) is 0 Å². The van der Waals surface area contributed by atoms with E-state index in [1.54, 1.807) is 11.1 Å². The summed E-state index contributed by atoms with van der Waals surface area (Å²) in [5.74, 6) is -0.126. The fourth-order valence-corrected chi connectivity index (χ4v) is 1.69. The second-order valence-corrected chi connectivity index (χ2v) is 3.68. The van der Waals surface area contributed by atoms with E-state index in [0.717, 1.165) is 30.7 Å². The van der Waals surface area contributed by atoms with E-state index in [2.05, 4.69) is 12.0 Å². The summed E-state index contributed by atoms with van der Waals surface area (Å²) in [5.41, 5.74) is 2.50. The summed E-state index contributed by atoms with van der Waals surface area (Å²) in [4.78, 5) is 0. The molecule has 0 saturated carbocycles. The SMILES string of the molecule is CCC1=NN(c2cccc(CC)c2F)C1. The Morgan fingerprint density at radius 3 is 2.67 bits per heavy atom. The average molecular weight is 206 g/mol. The van der Waals surface area contributed by atoms with Crippen LogP contribution in [-0.2, 0) is 6.42 Å². The van der Waals surface area contributed by atoms with Gasteiger partial charge in [-0.1, -0.05) is 26.0 Å². The van der Waals surface area contributed by atoms with Gasteiger partial charge in [-0.25, -0.2) is 4.39 Å². The summed E-state index contributed by atoms with van der Waals surface area (Å²) in [6.07, 6.45) is 1.67. The quantitative estimate of drug-likeness (QED) is 0.742. The van der Waals surface area contributed by atoms with Gasteiger partial charge < -0.3 is 0 Å². The van der Waals surface area contributed by atoms with Crippen molar-refractivity contribution in [2.75, 3.05) is 11.6 Å². The number of aryl methyl sites for hydroxylation is 1. The molecule has 0 saturated heterocycles. The molecule has 1 aromatic rings. The molecule has 0 fully saturated rings. The van der Waals surface area contributed by atoms with Crippen molar-refractivity contribution in [1.82, 2.24) is 0 Å². The predicted octanol–water partition coefficient (Wildman–Crippen LogP) is 2.97. The van der Waals surface area contributed by atoms with Gasteiger partial charge >= 0.3 is 0 Å². The molecule has 0 atom stereocenters. The standard InChI is InChI=1S/C12H15FN2/c1-3-9-6-5-7-11(12(9)13)15-8-10(4-2)14-15/h5-7H,3-4,8H2,1-2H3. The zero-order valence-corrected chi connectivity index (χ0v) is 9.13. The zero-order chi connectivity index (χ0) is 10.8. The summed E-state index contributed by atoms with van der Waals surface area (Å²) in [7, 11) is 0. The van der Waals surface area contributed by atoms with Crippen molar-refractivity contribution in [3.05, 3.63) is 29.6 Å². The van der Waals surface area contributed by atoms with E-state index >= 15 is 0 Å². The average Bonchev–Trinajstić information content (AvgIpc) is 2.19. The smallest absolute Gasteiger partial charge is 0.151 e. The van der Waals surface area contributed by atoms with Crippen LogP contribution in [-0.4, -0.2) is 12.3 Å². The van der Waals surface area contributed by atoms with Gasteiger partial charge in [0.05, 0.1) is 17.9 Å². The molecule has 0 radical (unpaired) electrons. The van der Waals surface area contributed by atoms with Gasteiger partial charge in [-0.2, -0.15) is 5.10 Å². The van der Waals surface area contributed by atoms with Crippen LogP contribution in [0.15, 0.2) is 23.3 Å². The van der Waals surface area contributed by atoms with E-state index in [9.17, 15) is 4.39 Å². The molecule has 0 aliphatic carbocycles. The number of nitrogens with zero attached hydrogens (tertiary/aromatic N) is 2. The molecule has 1 aliphatic heterocycles. The van der Waals surface area contributed by atoms with Gasteiger partial charge in [-0.3, -0.25) is 5.01 Å². The number of anilines is 1. The lowest BCUT2D eigenvalue weighted by molar-refractivity contribution is 0.604. The van der Waals surface area contributed by atoms with E-state index in [0.29, 0.717) is 5.69 Å². The van der Waals surface area contributed by atoms with Crippen LogP contribution in [0.25, 0.3) is 0 Å². The molecule has 0 bridgehead atoms. The molecule has 1 heterocycles. The largest absolute Gasteiger partial charge is 0.257 e. The monoisotopic (exact) mass is 206 g/mol. The maximum Gasteiger partial charge on any atom is 0.151 e. The van der Waals surface area contributed by atoms with E-state index < -0.39 is 0 Å². The van der Waals surface area contributed by atoms with Crippen molar-refractivity contribution < 1.29 is 4.39 Å². The van der Waals surface area contributed by atoms with Crippen LogP contribution in [0.4, 0.5) is 10.1 Å². The summed E-state index contributed by atoms with van der Waals surface area (Å²) < 4.78 is 13.9. The van der Waals surface area contributed by atoms with Gasteiger partial charge in [0.2, 0.25) is 0 Å². The van der Waals surface area contributed by atoms with Crippen LogP contribution in [0, 0.1) is 5.82 Å². The van der Waals surface area contributed by atoms with Crippen molar-refractivity contribution in [2.45, 2.75) is 26.7 Å². The molecule has 0 N–H and O–H groups in total. The first-order valence-corrected chi connectivity index (χ1v) is 5.37. The van der Waals surface area contributed by atoms with Gasteiger partial charge in [0, 0.05) is 0 Å². The highest BCUT2D eigenvalue weighted by Crippen LogP contribution is 2.26. The Labute approximate surface area is 89.4 Å². The van der Waals surface area contributed by atoms with Crippen molar-refractivity contribution in [2.24, 2.45) is 5.10 Å². The molecule has 80 valence electrons.